The second kappa shape index (κ2) is 6.17. The Labute approximate surface area is 100 Å². The summed E-state index contributed by atoms with van der Waals surface area (Å²) in [5, 5.41) is 25.3. The van der Waals surface area contributed by atoms with Gasteiger partial charge in [0.1, 0.15) is 11.7 Å². The van der Waals surface area contributed by atoms with Gasteiger partial charge in [-0.05, 0) is 19.1 Å². The van der Waals surface area contributed by atoms with Crippen molar-refractivity contribution in [2.75, 3.05) is 31.2 Å². The van der Waals surface area contributed by atoms with Gasteiger partial charge in [0.2, 0.25) is 0 Å². The number of aromatic nitrogens is 1. The van der Waals surface area contributed by atoms with Crippen LogP contribution in [0.15, 0.2) is 12.1 Å². The number of nitrogens with two attached hydrogens (primary N) is 1. The fourth-order valence-corrected chi connectivity index (χ4v) is 1.55. The summed E-state index contributed by atoms with van der Waals surface area (Å²) in [6.45, 7) is 2.53. The van der Waals surface area contributed by atoms with Crippen molar-refractivity contribution in [1.29, 1.82) is 5.41 Å². The molecule has 0 fully saturated rings. The SMILES string of the molecule is Cc1cc(C(=N)N)cc(N(CCO)CCO)n1. The van der Waals surface area contributed by atoms with Crippen LogP contribution in [0.25, 0.3) is 0 Å². The van der Waals surface area contributed by atoms with Crippen molar-refractivity contribution in [3.8, 4) is 0 Å². The molecule has 0 atom stereocenters. The number of anilines is 1. The van der Waals surface area contributed by atoms with Crippen molar-refractivity contribution in [2.24, 2.45) is 5.73 Å². The zero-order chi connectivity index (χ0) is 12.8. The van der Waals surface area contributed by atoms with Gasteiger partial charge in [-0.3, -0.25) is 5.41 Å². The lowest BCUT2D eigenvalue weighted by Gasteiger charge is -2.22. The highest BCUT2D eigenvalue weighted by Crippen LogP contribution is 2.14. The van der Waals surface area contributed by atoms with Gasteiger partial charge >= 0.3 is 0 Å². The van der Waals surface area contributed by atoms with Crippen LogP contribution in [0, 0.1) is 12.3 Å². The number of amidine groups is 1. The highest BCUT2D eigenvalue weighted by Gasteiger charge is 2.09. The third kappa shape index (κ3) is 3.69. The van der Waals surface area contributed by atoms with Gasteiger partial charge in [0.05, 0.1) is 13.2 Å². The van der Waals surface area contributed by atoms with E-state index < -0.39 is 0 Å². The van der Waals surface area contributed by atoms with Gasteiger partial charge in [-0.1, -0.05) is 0 Å². The summed E-state index contributed by atoms with van der Waals surface area (Å²) < 4.78 is 0. The molecule has 6 nitrogen and oxygen atoms in total. The lowest BCUT2D eigenvalue weighted by molar-refractivity contribution is 0.280. The lowest BCUT2D eigenvalue weighted by Crippen LogP contribution is -2.31. The predicted octanol–water partition coefficient (Wildman–Crippen LogP) is -0.535. The van der Waals surface area contributed by atoms with E-state index >= 15 is 0 Å². The molecule has 1 heterocycles. The highest BCUT2D eigenvalue weighted by molar-refractivity contribution is 5.95. The van der Waals surface area contributed by atoms with Crippen molar-refractivity contribution in [3.63, 3.8) is 0 Å². The van der Waals surface area contributed by atoms with Crippen molar-refractivity contribution in [2.45, 2.75) is 6.92 Å². The molecular formula is C11H18N4O2. The number of aliphatic hydroxyl groups is 2. The number of nitrogens with one attached hydrogen (secondary N) is 1. The molecule has 94 valence electrons. The minimum absolute atomic E-state index is 0.0228. The standard InChI is InChI=1S/C11H18N4O2/c1-8-6-9(11(12)13)7-10(14-8)15(2-4-16)3-5-17/h6-7,16-17H,2-5H2,1H3,(H3,12,13). The van der Waals surface area contributed by atoms with Crippen LogP contribution < -0.4 is 10.6 Å². The second-order valence-electron chi connectivity index (χ2n) is 3.70. The molecule has 0 radical (unpaired) electrons. The normalized spacial score (nSPS) is 10.3. The number of nitrogen functional groups attached to an aromatic ring is 1. The molecule has 0 aliphatic heterocycles. The number of hydrogen-bond donors (Lipinski definition) is 4. The van der Waals surface area contributed by atoms with Crippen LogP contribution in [0.5, 0.6) is 0 Å². The summed E-state index contributed by atoms with van der Waals surface area (Å²) in [5.74, 6) is 0.586. The predicted molar refractivity (Wildman–Crippen MR) is 66.4 cm³/mol. The molecule has 1 rings (SSSR count). The molecule has 0 unspecified atom stereocenters. The zero-order valence-corrected chi connectivity index (χ0v) is 9.85. The van der Waals surface area contributed by atoms with Crippen LogP contribution in [0.1, 0.15) is 11.3 Å². The second-order valence-corrected chi connectivity index (χ2v) is 3.70. The molecule has 0 aliphatic rings. The Morgan fingerprint density at radius 1 is 1.35 bits per heavy atom. The molecule has 1 aromatic rings. The first-order chi connectivity index (χ1) is 8.08. The van der Waals surface area contributed by atoms with Crippen LogP contribution in [-0.4, -0.2) is 47.3 Å². The molecule has 0 aliphatic carbocycles. The summed E-state index contributed by atoms with van der Waals surface area (Å²) in [5.41, 5.74) is 6.77. The number of aryl methyl sites for hydroxylation is 1. The van der Waals surface area contributed by atoms with Crippen molar-refractivity contribution < 1.29 is 10.2 Å². The number of rotatable bonds is 6. The largest absolute Gasteiger partial charge is 0.395 e. The highest BCUT2D eigenvalue weighted by atomic mass is 16.3. The molecule has 0 spiro atoms. The molecule has 17 heavy (non-hydrogen) atoms. The van der Waals surface area contributed by atoms with Crippen LogP contribution >= 0.6 is 0 Å². The van der Waals surface area contributed by atoms with Gasteiger partial charge in [0, 0.05) is 24.3 Å². The summed E-state index contributed by atoms with van der Waals surface area (Å²) >= 11 is 0. The molecule has 0 aromatic carbocycles. The van der Waals surface area contributed by atoms with E-state index in [4.69, 9.17) is 21.4 Å². The third-order valence-electron chi connectivity index (χ3n) is 2.31. The Hall–Kier alpha value is -1.66. The van der Waals surface area contributed by atoms with Gasteiger partial charge in [0.25, 0.3) is 0 Å². The molecule has 0 bridgehead atoms. The third-order valence-corrected chi connectivity index (χ3v) is 2.31. The van der Waals surface area contributed by atoms with Crippen LogP contribution in [0.2, 0.25) is 0 Å². The minimum Gasteiger partial charge on any atom is -0.395 e. The fraction of sp³-hybridized carbons (Fsp3) is 0.455. The molecular weight excluding hydrogens is 220 g/mol. The van der Waals surface area contributed by atoms with Gasteiger partial charge in [-0.25, -0.2) is 4.98 Å². The van der Waals surface area contributed by atoms with E-state index in [1.807, 2.05) is 6.92 Å². The first-order valence-electron chi connectivity index (χ1n) is 5.38. The van der Waals surface area contributed by atoms with E-state index in [2.05, 4.69) is 4.98 Å². The van der Waals surface area contributed by atoms with Gasteiger partial charge < -0.3 is 20.8 Å². The Bertz CT molecular complexity index is 389. The molecule has 0 saturated carbocycles. The molecule has 0 amide bonds. The maximum absolute atomic E-state index is 8.95. The van der Waals surface area contributed by atoms with Crippen LogP contribution in [-0.2, 0) is 0 Å². The van der Waals surface area contributed by atoms with Crippen molar-refractivity contribution in [1.82, 2.24) is 4.98 Å². The van der Waals surface area contributed by atoms with Crippen LogP contribution in [0.3, 0.4) is 0 Å². The monoisotopic (exact) mass is 238 g/mol. The molecule has 1 aromatic heterocycles. The average molecular weight is 238 g/mol. The van der Waals surface area contributed by atoms with Crippen molar-refractivity contribution >= 4 is 11.7 Å². The van der Waals surface area contributed by atoms with Gasteiger partial charge in [-0.2, -0.15) is 0 Å². The minimum atomic E-state index is -0.0234. The maximum Gasteiger partial charge on any atom is 0.129 e. The molecule has 5 N–H and O–H groups in total. The van der Waals surface area contributed by atoms with E-state index in [9.17, 15) is 0 Å². The average Bonchev–Trinajstić information content (AvgIpc) is 2.28. The lowest BCUT2D eigenvalue weighted by atomic mass is 10.2. The first-order valence-corrected chi connectivity index (χ1v) is 5.38. The molecule has 6 heteroatoms. The van der Waals surface area contributed by atoms with E-state index in [1.165, 1.54) is 0 Å². The Balaban J connectivity index is 3.04. The Kier molecular flexibility index (Phi) is 4.86. The Morgan fingerprint density at radius 3 is 2.41 bits per heavy atom. The van der Waals surface area contributed by atoms with Gasteiger partial charge in [0.15, 0.2) is 0 Å². The molecule has 0 saturated heterocycles. The summed E-state index contributed by atoms with van der Waals surface area (Å²) in [7, 11) is 0. The first kappa shape index (κ1) is 13.4. The number of nitrogens with zero attached hydrogens (tertiary/aromatic N) is 2. The van der Waals surface area contributed by atoms with E-state index in [0.717, 1.165) is 5.69 Å². The summed E-state index contributed by atoms with van der Waals surface area (Å²) in [4.78, 5) is 6.05. The smallest absolute Gasteiger partial charge is 0.129 e. The van der Waals surface area contributed by atoms with E-state index in [-0.39, 0.29) is 19.0 Å². The summed E-state index contributed by atoms with van der Waals surface area (Å²) in [6, 6.07) is 3.41. The maximum atomic E-state index is 8.95. The number of hydrogen-bond acceptors (Lipinski definition) is 5. The van der Waals surface area contributed by atoms with Gasteiger partial charge in [-0.15, -0.1) is 0 Å². The summed E-state index contributed by atoms with van der Waals surface area (Å²) in [6.07, 6.45) is 0. The van der Waals surface area contributed by atoms with Crippen LogP contribution in [0.4, 0.5) is 5.82 Å². The Morgan fingerprint density at radius 2 is 1.94 bits per heavy atom. The fourth-order valence-electron chi connectivity index (χ4n) is 1.55. The van der Waals surface area contributed by atoms with E-state index in [1.54, 1.807) is 17.0 Å². The quantitative estimate of drug-likeness (QED) is 0.393. The van der Waals surface area contributed by atoms with Crippen molar-refractivity contribution in [3.05, 3.63) is 23.4 Å². The topological polar surface area (TPSA) is 106 Å². The number of aliphatic hydroxyl groups excluding tert-OH is 2. The van der Waals surface area contributed by atoms with E-state index in [0.29, 0.717) is 24.5 Å². The zero-order valence-electron chi connectivity index (χ0n) is 9.85. The number of pyridine rings is 1.